The molecule has 0 radical (unpaired) electrons. The molecular formula is C18H44O10P2S. The lowest BCUT2D eigenvalue weighted by molar-refractivity contribution is -0.116. The molecule has 192 valence electrons. The van der Waals surface area contributed by atoms with E-state index in [1.165, 1.54) is 96.3 Å². The van der Waals surface area contributed by atoms with Crippen LogP contribution in [-0.2, 0) is 13.5 Å². The SMILES string of the molecule is CCCCCCCCCCCCCCCCCCSOO.O=P(O)(O)O.O=P(O)(O)O. The van der Waals surface area contributed by atoms with E-state index in [-0.39, 0.29) is 0 Å². The Morgan fingerprint density at radius 3 is 1.00 bits per heavy atom. The fraction of sp³-hybridized carbons (Fsp3) is 1.00. The summed E-state index contributed by atoms with van der Waals surface area (Å²) in [5.41, 5.74) is 0. The molecule has 31 heavy (non-hydrogen) atoms. The maximum absolute atomic E-state index is 8.88. The summed E-state index contributed by atoms with van der Waals surface area (Å²) in [5, 5.41) is 8.15. The molecule has 0 unspecified atom stereocenters. The quantitative estimate of drug-likeness (QED) is 0.0401. The minimum Gasteiger partial charge on any atom is -0.303 e. The highest BCUT2D eigenvalue weighted by atomic mass is 32.2. The average Bonchev–Trinajstić information content (AvgIpc) is 2.61. The van der Waals surface area contributed by atoms with Crippen LogP contribution in [0.1, 0.15) is 110 Å². The van der Waals surface area contributed by atoms with Crippen molar-refractivity contribution in [3.63, 3.8) is 0 Å². The topological polar surface area (TPSA) is 185 Å². The van der Waals surface area contributed by atoms with Gasteiger partial charge in [0.05, 0.1) is 0 Å². The Balaban J connectivity index is -0.000000646. The fourth-order valence-corrected chi connectivity index (χ4v) is 3.14. The zero-order valence-corrected chi connectivity index (χ0v) is 21.3. The van der Waals surface area contributed by atoms with Crippen molar-refractivity contribution < 1.29 is 48.1 Å². The Hall–Kier alpha value is 0.490. The van der Waals surface area contributed by atoms with Gasteiger partial charge in [0, 0.05) is 17.8 Å². The van der Waals surface area contributed by atoms with Gasteiger partial charge in [0.1, 0.15) is 0 Å². The van der Waals surface area contributed by atoms with Crippen molar-refractivity contribution in [2.24, 2.45) is 0 Å². The normalized spacial score (nSPS) is 11.4. The van der Waals surface area contributed by atoms with Gasteiger partial charge in [-0.15, -0.1) is 0 Å². The number of hydrogen-bond acceptors (Lipinski definition) is 5. The summed E-state index contributed by atoms with van der Waals surface area (Å²) in [4.78, 5) is 43.1. The van der Waals surface area contributed by atoms with Crippen molar-refractivity contribution in [2.45, 2.75) is 110 Å². The van der Waals surface area contributed by atoms with Crippen LogP contribution in [0.15, 0.2) is 0 Å². The average molecular weight is 515 g/mol. The zero-order valence-electron chi connectivity index (χ0n) is 18.7. The summed E-state index contributed by atoms with van der Waals surface area (Å²) in [6.45, 7) is 2.28. The van der Waals surface area contributed by atoms with E-state index < -0.39 is 15.6 Å². The summed E-state index contributed by atoms with van der Waals surface area (Å²) in [5.74, 6) is 0.912. The molecule has 0 aliphatic rings. The van der Waals surface area contributed by atoms with Crippen LogP contribution in [0.3, 0.4) is 0 Å². The third-order valence-electron chi connectivity index (χ3n) is 4.13. The van der Waals surface area contributed by atoms with Gasteiger partial charge in [-0.2, -0.15) is 4.33 Å². The van der Waals surface area contributed by atoms with Crippen LogP contribution in [0.4, 0.5) is 0 Å². The molecule has 0 saturated heterocycles. The molecule has 0 fully saturated rings. The van der Waals surface area contributed by atoms with Gasteiger partial charge >= 0.3 is 15.6 Å². The van der Waals surface area contributed by atoms with Crippen LogP contribution >= 0.6 is 27.7 Å². The van der Waals surface area contributed by atoms with Crippen molar-refractivity contribution in [1.82, 2.24) is 0 Å². The van der Waals surface area contributed by atoms with Gasteiger partial charge in [-0.05, 0) is 6.42 Å². The molecule has 0 atom stereocenters. The second-order valence-electron chi connectivity index (χ2n) is 7.23. The Bertz CT molecular complexity index is 377. The molecule has 0 heterocycles. The van der Waals surface area contributed by atoms with Gasteiger partial charge in [0.15, 0.2) is 0 Å². The molecule has 0 rings (SSSR count). The van der Waals surface area contributed by atoms with E-state index in [0.717, 1.165) is 24.2 Å². The van der Waals surface area contributed by atoms with E-state index in [0.29, 0.717) is 0 Å². The number of phosphoric acid groups is 2. The molecule has 0 aromatic heterocycles. The zero-order chi connectivity index (χ0) is 24.4. The third-order valence-corrected chi connectivity index (χ3v) is 4.69. The first-order chi connectivity index (χ1) is 14.4. The Kier molecular flexibility index (Phi) is 31.1. The monoisotopic (exact) mass is 514 g/mol. The van der Waals surface area contributed by atoms with Crippen LogP contribution in [-0.4, -0.2) is 40.4 Å². The van der Waals surface area contributed by atoms with Gasteiger partial charge in [0.25, 0.3) is 0 Å². The molecule has 10 nitrogen and oxygen atoms in total. The number of rotatable bonds is 18. The van der Waals surface area contributed by atoms with Gasteiger partial charge in [-0.25, -0.2) is 14.4 Å². The van der Waals surface area contributed by atoms with E-state index in [2.05, 4.69) is 11.3 Å². The lowest BCUT2D eigenvalue weighted by Gasteiger charge is -2.03. The van der Waals surface area contributed by atoms with Gasteiger partial charge in [-0.3, -0.25) is 0 Å². The second kappa shape index (κ2) is 26.7. The predicted octanol–water partition coefficient (Wildman–Crippen LogP) is 5.53. The third kappa shape index (κ3) is 72.4. The molecule has 7 N–H and O–H groups in total. The van der Waals surface area contributed by atoms with Crippen molar-refractivity contribution in [3.8, 4) is 0 Å². The summed E-state index contributed by atoms with van der Waals surface area (Å²) in [7, 11) is -9.28. The molecule has 0 saturated carbocycles. The molecule has 0 aliphatic carbocycles. The van der Waals surface area contributed by atoms with Crippen molar-refractivity contribution in [1.29, 1.82) is 0 Å². The van der Waals surface area contributed by atoms with Gasteiger partial charge < -0.3 is 29.4 Å². The van der Waals surface area contributed by atoms with E-state index in [9.17, 15) is 0 Å². The largest absolute Gasteiger partial charge is 0.466 e. The van der Waals surface area contributed by atoms with Gasteiger partial charge in [-0.1, -0.05) is 103 Å². The van der Waals surface area contributed by atoms with Crippen LogP contribution in [0.5, 0.6) is 0 Å². The number of hydrogen-bond donors (Lipinski definition) is 7. The summed E-state index contributed by atoms with van der Waals surface area (Å²) < 4.78 is 21.7. The van der Waals surface area contributed by atoms with Crippen molar-refractivity contribution in [2.75, 3.05) is 5.75 Å². The number of unbranched alkanes of at least 4 members (excludes halogenated alkanes) is 15. The van der Waals surface area contributed by atoms with E-state index in [1.807, 2.05) is 0 Å². The standard InChI is InChI=1S/C18H38O2S.2H3O4P/c1-2-3-4-5-6-7-8-9-10-11-12-13-14-15-16-17-18-21-20-19;2*1-5(2,3)4/h19H,2-18H2,1H3;2*(H3,1,2,3,4). The molecule has 13 heteroatoms. The Morgan fingerprint density at radius 2 is 0.774 bits per heavy atom. The predicted molar refractivity (Wildman–Crippen MR) is 124 cm³/mol. The van der Waals surface area contributed by atoms with Crippen molar-refractivity contribution in [3.05, 3.63) is 0 Å². The van der Waals surface area contributed by atoms with Crippen molar-refractivity contribution >= 4 is 27.7 Å². The molecule has 0 aromatic rings. The lowest BCUT2D eigenvalue weighted by atomic mass is 10.0. The van der Waals surface area contributed by atoms with Crippen LogP contribution < -0.4 is 0 Å². The highest BCUT2D eigenvalue weighted by molar-refractivity contribution is 7.94. The highest BCUT2D eigenvalue weighted by Gasteiger charge is 2.00. The fourth-order valence-electron chi connectivity index (χ4n) is 2.75. The first kappa shape index (κ1) is 36.1. The van der Waals surface area contributed by atoms with Gasteiger partial charge in [0.2, 0.25) is 0 Å². The maximum Gasteiger partial charge on any atom is 0.466 e. The first-order valence-corrected chi connectivity index (χ1v) is 15.0. The Labute approximate surface area is 191 Å². The second-order valence-corrected chi connectivity index (χ2v) is 10.1. The minimum atomic E-state index is -4.64. The van der Waals surface area contributed by atoms with Crippen LogP contribution in [0.25, 0.3) is 0 Å². The van der Waals surface area contributed by atoms with Crippen LogP contribution in [0, 0.1) is 0 Å². The first-order valence-electron chi connectivity index (χ1n) is 10.9. The molecule has 0 aliphatic heterocycles. The van der Waals surface area contributed by atoms with Crippen LogP contribution in [0.2, 0.25) is 0 Å². The van der Waals surface area contributed by atoms with E-state index in [1.54, 1.807) is 0 Å². The summed E-state index contributed by atoms with van der Waals surface area (Å²) in [6.07, 6.45) is 22.4. The molecule has 0 bridgehead atoms. The molecule has 0 aromatic carbocycles. The summed E-state index contributed by atoms with van der Waals surface area (Å²) >= 11 is 1.15. The Morgan fingerprint density at radius 1 is 0.548 bits per heavy atom. The van der Waals surface area contributed by atoms with E-state index >= 15 is 0 Å². The summed E-state index contributed by atoms with van der Waals surface area (Å²) in [6, 6.07) is 0. The van der Waals surface area contributed by atoms with E-state index in [4.69, 9.17) is 43.7 Å². The highest BCUT2D eigenvalue weighted by Crippen LogP contribution is 2.26. The molecule has 0 amide bonds. The lowest BCUT2D eigenvalue weighted by Crippen LogP contribution is -1.84. The maximum atomic E-state index is 8.88. The minimum absolute atomic E-state index is 0.912. The smallest absolute Gasteiger partial charge is 0.303 e. The molecular weight excluding hydrogens is 470 g/mol. The molecule has 0 spiro atoms.